The SMILES string of the molecule is Cn1ccnc1S[B-]1[n+]2ccn(C)c2SCCCCCCCCSc2n(C)cc[n+]21. The summed E-state index contributed by atoms with van der Waals surface area (Å²) in [5, 5.41) is 3.62. The molecule has 10 heteroatoms. The molecule has 0 amide bonds. The Bertz CT molecular complexity index is 910. The molecule has 1 aliphatic heterocycles. The number of aromatic nitrogens is 6. The topological polar surface area (TPSA) is 35.4 Å². The zero-order valence-electron chi connectivity index (χ0n) is 18.1. The van der Waals surface area contributed by atoms with Crippen molar-refractivity contribution in [1.29, 1.82) is 0 Å². The second-order valence-electron chi connectivity index (χ2n) is 7.78. The van der Waals surface area contributed by atoms with E-state index < -0.39 is 0 Å². The van der Waals surface area contributed by atoms with E-state index in [-0.39, 0.29) is 6.26 Å². The number of fused-ring (bicyclic) bond motifs is 2. The quantitative estimate of drug-likeness (QED) is 0.547. The molecule has 4 heterocycles. The molecular weight excluding hydrogens is 431 g/mol. The third-order valence-corrected chi connectivity index (χ3v) is 9.18. The minimum atomic E-state index is 0.0728. The fourth-order valence-electron chi connectivity index (χ4n) is 3.70. The maximum absolute atomic E-state index is 4.61. The van der Waals surface area contributed by atoms with E-state index in [0.29, 0.717) is 0 Å². The number of nitrogens with zero attached hydrogens (tertiary/aromatic N) is 6. The highest BCUT2D eigenvalue weighted by Gasteiger charge is 2.29. The molecular formula is C20H31BN6S3+. The van der Waals surface area contributed by atoms with Crippen LogP contribution in [-0.2, 0) is 21.1 Å². The third kappa shape index (κ3) is 4.97. The van der Waals surface area contributed by atoms with E-state index in [2.05, 4.69) is 73.6 Å². The van der Waals surface area contributed by atoms with Crippen molar-refractivity contribution in [2.24, 2.45) is 21.1 Å². The molecule has 0 fully saturated rings. The smallest absolute Gasteiger partial charge is 0.392 e. The summed E-state index contributed by atoms with van der Waals surface area (Å²) in [4.78, 5) is 4.61. The maximum Gasteiger partial charge on any atom is 0.408 e. The molecule has 161 valence electrons. The van der Waals surface area contributed by atoms with Crippen LogP contribution in [0.25, 0.3) is 0 Å². The summed E-state index contributed by atoms with van der Waals surface area (Å²) >= 11 is 5.74. The van der Waals surface area contributed by atoms with E-state index in [0.717, 1.165) is 5.16 Å². The van der Waals surface area contributed by atoms with Crippen LogP contribution in [0.4, 0.5) is 0 Å². The summed E-state index contributed by atoms with van der Waals surface area (Å²) in [6.07, 6.45) is 20.7. The lowest BCUT2D eigenvalue weighted by Crippen LogP contribution is -2.68. The average Bonchev–Trinajstić information content (AvgIpc) is 3.41. The lowest BCUT2D eigenvalue weighted by molar-refractivity contribution is -0.704. The summed E-state index contributed by atoms with van der Waals surface area (Å²) in [7, 11) is 6.38. The Kier molecular flexibility index (Phi) is 7.59. The van der Waals surface area contributed by atoms with Gasteiger partial charge in [-0.3, -0.25) is 0 Å². The van der Waals surface area contributed by atoms with Gasteiger partial charge in [0.25, 0.3) is 10.3 Å². The first kappa shape index (κ1) is 22.0. The fraction of sp³-hybridized carbons (Fsp3) is 0.550. The van der Waals surface area contributed by atoms with Crippen molar-refractivity contribution in [3.05, 3.63) is 37.2 Å². The molecule has 0 bridgehead atoms. The predicted octanol–water partition coefficient (Wildman–Crippen LogP) is 3.38. The van der Waals surface area contributed by atoms with Gasteiger partial charge in [-0.2, -0.15) is 0 Å². The van der Waals surface area contributed by atoms with Crippen LogP contribution in [0.1, 0.15) is 38.5 Å². The molecule has 3 aromatic heterocycles. The Morgan fingerprint density at radius 2 is 1.33 bits per heavy atom. The Morgan fingerprint density at radius 3 is 1.83 bits per heavy atom. The van der Waals surface area contributed by atoms with Gasteiger partial charge in [0, 0.05) is 30.9 Å². The van der Waals surface area contributed by atoms with Crippen molar-refractivity contribution in [3.63, 3.8) is 0 Å². The van der Waals surface area contributed by atoms with Gasteiger partial charge in [-0.25, -0.2) is 25.7 Å². The first-order chi connectivity index (χ1) is 14.6. The molecule has 0 aromatic carbocycles. The molecule has 1 aliphatic rings. The zero-order chi connectivity index (χ0) is 20.9. The molecule has 0 saturated heterocycles. The van der Waals surface area contributed by atoms with E-state index in [1.165, 1.54) is 60.3 Å². The summed E-state index contributed by atoms with van der Waals surface area (Å²) < 4.78 is 11.4. The monoisotopic (exact) mass is 462 g/mol. The Hall–Kier alpha value is -1.26. The second-order valence-corrected chi connectivity index (χ2v) is 10.9. The van der Waals surface area contributed by atoms with Gasteiger partial charge >= 0.3 is 6.26 Å². The second kappa shape index (κ2) is 10.4. The summed E-state index contributed by atoms with van der Waals surface area (Å²) in [5.41, 5.74) is 0. The van der Waals surface area contributed by atoms with E-state index in [9.17, 15) is 0 Å². The highest BCUT2D eigenvalue weighted by molar-refractivity contribution is 8.23. The molecule has 6 nitrogen and oxygen atoms in total. The summed E-state index contributed by atoms with van der Waals surface area (Å²) in [6, 6.07) is 0. The number of thioether (sulfide) groups is 2. The van der Waals surface area contributed by atoms with E-state index >= 15 is 0 Å². The van der Waals surface area contributed by atoms with Crippen molar-refractivity contribution in [1.82, 2.24) is 18.7 Å². The molecule has 0 spiro atoms. The summed E-state index contributed by atoms with van der Waals surface area (Å²) in [5.74, 6) is 2.33. The van der Waals surface area contributed by atoms with Gasteiger partial charge in [0.1, 0.15) is 17.6 Å². The lowest BCUT2D eigenvalue weighted by Gasteiger charge is -2.22. The van der Waals surface area contributed by atoms with Gasteiger partial charge in [-0.1, -0.05) is 25.7 Å². The van der Waals surface area contributed by atoms with Gasteiger partial charge < -0.3 is 13.5 Å². The van der Waals surface area contributed by atoms with E-state index in [1.807, 2.05) is 35.9 Å². The van der Waals surface area contributed by atoms with Crippen LogP contribution in [0.2, 0.25) is 0 Å². The normalized spacial score (nSPS) is 17.2. The van der Waals surface area contributed by atoms with Gasteiger partial charge in [0.2, 0.25) is 0 Å². The Morgan fingerprint density at radius 1 is 0.800 bits per heavy atom. The molecule has 3 aromatic rings. The molecule has 1 radical (unpaired) electrons. The third-order valence-electron chi connectivity index (χ3n) is 5.41. The number of hydrogen-bond donors (Lipinski definition) is 0. The maximum atomic E-state index is 4.61. The zero-order valence-corrected chi connectivity index (χ0v) is 20.6. The molecule has 0 saturated carbocycles. The van der Waals surface area contributed by atoms with Crippen LogP contribution in [0.3, 0.4) is 0 Å². The van der Waals surface area contributed by atoms with Crippen molar-refractivity contribution in [3.8, 4) is 0 Å². The minimum Gasteiger partial charge on any atom is -0.392 e. The number of aryl methyl sites for hydroxylation is 3. The van der Waals surface area contributed by atoms with Crippen molar-refractivity contribution < 1.29 is 8.96 Å². The van der Waals surface area contributed by atoms with Crippen molar-refractivity contribution >= 4 is 41.4 Å². The molecule has 30 heavy (non-hydrogen) atoms. The van der Waals surface area contributed by atoms with E-state index in [1.54, 1.807) is 11.6 Å². The predicted molar refractivity (Wildman–Crippen MR) is 126 cm³/mol. The first-order valence-corrected chi connectivity index (χ1v) is 13.5. The molecule has 4 rings (SSSR count). The van der Waals surface area contributed by atoms with Crippen molar-refractivity contribution in [2.45, 2.75) is 54.0 Å². The highest BCUT2D eigenvalue weighted by Crippen LogP contribution is 2.23. The number of rotatable bonds is 2. The van der Waals surface area contributed by atoms with Crippen LogP contribution in [0.5, 0.6) is 0 Å². The van der Waals surface area contributed by atoms with Gasteiger partial charge in [0.05, 0.1) is 26.5 Å². The van der Waals surface area contributed by atoms with Crippen LogP contribution in [0, 0.1) is 0 Å². The largest absolute Gasteiger partial charge is 0.408 e. The fourth-order valence-corrected chi connectivity index (χ4v) is 7.15. The van der Waals surface area contributed by atoms with Crippen LogP contribution < -0.4 is 8.96 Å². The van der Waals surface area contributed by atoms with Crippen LogP contribution in [0.15, 0.2) is 52.7 Å². The number of hydrogen-bond acceptors (Lipinski definition) is 4. The van der Waals surface area contributed by atoms with Crippen molar-refractivity contribution in [2.75, 3.05) is 11.5 Å². The lowest BCUT2D eigenvalue weighted by atomic mass is 10.1. The van der Waals surface area contributed by atoms with Crippen LogP contribution >= 0.6 is 35.1 Å². The number of imidazole rings is 3. The van der Waals surface area contributed by atoms with Crippen LogP contribution in [-0.4, -0.2) is 36.5 Å². The molecule has 0 atom stereocenters. The summed E-state index contributed by atoms with van der Waals surface area (Å²) in [6.45, 7) is 0. The first-order valence-electron chi connectivity index (χ1n) is 10.7. The highest BCUT2D eigenvalue weighted by atomic mass is 32.2. The average molecular weight is 463 g/mol. The Labute approximate surface area is 192 Å². The minimum absolute atomic E-state index is 0.0728. The van der Waals surface area contributed by atoms with Gasteiger partial charge in [-0.15, -0.1) is 0 Å². The van der Waals surface area contributed by atoms with Gasteiger partial charge in [0.15, 0.2) is 0 Å². The molecule has 0 N–H and O–H groups in total. The standard InChI is InChI=1S/C20H31BN6S3/c1-23-11-10-22-18(23)30-21-26-14-12-24(2)19(26)28-16-8-6-4-5-7-9-17-29-20-25(3)13-15-27(20)21/h10-15H,4-9,16-17H2,1-3H3/q+1. The Balaban J connectivity index is 1.75. The van der Waals surface area contributed by atoms with E-state index in [4.69, 9.17) is 0 Å². The van der Waals surface area contributed by atoms with Gasteiger partial charge in [-0.05, 0) is 36.4 Å². The molecule has 0 unspecified atom stereocenters. The molecule has 0 aliphatic carbocycles.